The lowest BCUT2D eigenvalue weighted by molar-refractivity contribution is 0.301. The predicted octanol–water partition coefficient (Wildman–Crippen LogP) is 0.966. The number of nitrogens with zero attached hydrogens (tertiary/aromatic N) is 3. The Morgan fingerprint density at radius 2 is 1.67 bits per heavy atom. The van der Waals surface area contributed by atoms with Gasteiger partial charge in [0.25, 0.3) is 0 Å². The summed E-state index contributed by atoms with van der Waals surface area (Å²) in [5.41, 5.74) is 0.307. The zero-order valence-corrected chi connectivity index (χ0v) is 7.65. The van der Waals surface area contributed by atoms with Crippen molar-refractivity contribution < 1.29 is 10.4 Å². The number of hydrogen-bond acceptors (Lipinski definition) is 4. The van der Waals surface area contributed by atoms with E-state index in [0.717, 1.165) is 0 Å². The summed E-state index contributed by atoms with van der Waals surface area (Å²) >= 11 is 0. The molecule has 0 aliphatic carbocycles. The van der Waals surface area contributed by atoms with Crippen molar-refractivity contribution in [1.29, 1.82) is 0 Å². The lowest BCUT2D eigenvalue weighted by atomic mass is 10.3. The normalized spacial score (nSPS) is 13.2. The molecule has 12 heavy (non-hydrogen) atoms. The third-order valence-corrected chi connectivity index (χ3v) is 1.63. The summed E-state index contributed by atoms with van der Waals surface area (Å²) in [6.07, 6.45) is 0. The molecular formula is C7H15N3O2. The average Bonchev–Trinajstić information content (AvgIpc) is 2.12. The van der Waals surface area contributed by atoms with E-state index in [9.17, 15) is 0 Å². The Hall–Kier alpha value is -1.26. The maximum absolute atomic E-state index is 8.61. The molecule has 70 valence electrons. The fourth-order valence-electron chi connectivity index (χ4n) is 0.932. The fourth-order valence-corrected chi connectivity index (χ4v) is 0.932. The number of amidine groups is 1. The molecule has 0 unspecified atom stereocenters. The van der Waals surface area contributed by atoms with Gasteiger partial charge in [0, 0.05) is 13.1 Å². The Morgan fingerprint density at radius 3 is 1.92 bits per heavy atom. The van der Waals surface area contributed by atoms with Gasteiger partial charge < -0.3 is 15.3 Å². The van der Waals surface area contributed by atoms with Crippen LogP contribution >= 0.6 is 0 Å². The quantitative estimate of drug-likeness (QED) is 0.289. The van der Waals surface area contributed by atoms with Gasteiger partial charge in [-0.15, -0.1) is 0 Å². The molecule has 0 aromatic carbocycles. The van der Waals surface area contributed by atoms with Gasteiger partial charge in [-0.05, 0) is 20.8 Å². The Balaban J connectivity index is 4.55. The number of hydrogen-bond donors (Lipinski definition) is 2. The van der Waals surface area contributed by atoms with E-state index in [2.05, 4.69) is 10.3 Å². The molecule has 0 saturated heterocycles. The molecule has 0 aliphatic rings. The van der Waals surface area contributed by atoms with Gasteiger partial charge in [0.05, 0.1) is 0 Å². The first-order valence-corrected chi connectivity index (χ1v) is 3.87. The van der Waals surface area contributed by atoms with E-state index in [-0.39, 0.29) is 0 Å². The van der Waals surface area contributed by atoms with E-state index >= 15 is 0 Å². The van der Waals surface area contributed by atoms with Gasteiger partial charge in [-0.2, -0.15) is 0 Å². The summed E-state index contributed by atoms with van der Waals surface area (Å²) in [5, 5.41) is 23.1. The van der Waals surface area contributed by atoms with Crippen molar-refractivity contribution in [2.45, 2.75) is 20.8 Å². The zero-order valence-electron chi connectivity index (χ0n) is 7.65. The topological polar surface area (TPSA) is 68.4 Å². The second kappa shape index (κ2) is 5.40. The maximum Gasteiger partial charge on any atom is 0.192 e. The molecule has 0 amide bonds. The van der Waals surface area contributed by atoms with Gasteiger partial charge in [0.15, 0.2) is 5.84 Å². The van der Waals surface area contributed by atoms with Gasteiger partial charge in [0.2, 0.25) is 0 Å². The van der Waals surface area contributed by atoms with Crippen LogP contribution in [0.4, 0.5) is 0 Å². The monoisotopic (exact) mass is 173 g/mol. The van der Waals surface area contributed by atoms with E-state index in [4.69, 9.17) is 10.4 Å². The molecule has 0 atom stereocenters. The Labute approximate surface area is 72.0 Å². The SMILES string of the molecule is CCN(CC)C(=N\O)/C(C)=N\O. The van der Waals surface area contributed by atoms with Gasteiger partial charge in [0.1, 0.15) is 5.71 Å². The van der Waals surface area contributed by atoms with Crippen LogP contribution in [0.2, 0.25) is 0 Å². The molecule has 0 saturated carbocycles. The first-order chi connectivity index (χ1) is 5.71. The van der Waals surface area contributed by atoms with Crippen LogP contribution in [0, 0.1) is 0 Å². The van der Waals surface area contributed by atoms with E-state index in [1.165, 1.54) is 0 Å². The molecule has 0 fully saturated rings. The molecule has 0 bridgehead atoms. The highest BCUT2D eigenvalue weighted by Gasteiger charge is 2.11. The Morgan fingerprint density at radius 1 is 1.17 bits per heavy atom. The molecule has 0 aliphatic heterocycles. The van der Waals surface area contributed by atoms with Crippen molar-refractivity contribution in [3.8, 4) is 0 Å². The molecule has 5 nitrogen and oxygen atoms in total. The van der Waals surface area contributed by atoms with Crippen molar-refractivity contribution in [2.75, 3.05) is 13.1 Å². The fraction of sp³-hybridized carbons (Fsp3) is 0.714. The summed E-state index contributed by atoms with van der Waals surface area (Å²) in [6, 6.07) is 0. The standard InChI is InChI=1S/C7H15N3O2/c1-4-10(5-2)7(9-12)6(3)8-11/h11-12H,4-5H2,1-3H3/b8-6-,9-7-. The van der Waals surface area contributed by atoms with Crippen LogP contribution in [0.3, 0.4) is 0 Å². The summed E-state index contributed by atoms with van der Waals surface area (Å²) in [6.45, 7) is 6.86. The molecule has 2 N–H and O–H groups in total. The molecule has 0 aromatic heterocycles. The second-order valence-corrected chi connectivity index (χ2v) is 2.28. The maximum atomic E-state index is 8.61. The highest BCUT2D eigenvalue weighted by molar-refractivity contribution is 6.40. The minimum Gasteiger partial charge on any atom is -0.411 e. The average molecular weight is 173 g/mol. The summed E-state index contributed by atoms with van der Waals surface area (Å²) in [4.78, 5) is 1.79. The molecule has 0 spiro atoms. The van der Waals surface area contributed by atoms with E-state index in [0.29, 0.717) is 24.6 Å². The largest absolute Gasteiger partial charge is 0.411 e. The van der Waals surface area contributed by atoms with Crippen molar-refractivity contribution in [2.24, 2.45) is 10.3 Å². The van der Waals surface area contributed by atoms with Gasteiger partial charge in [-0.3, -0.25) is 0 Å². The van der Waals surface area contributed by atoms with Crippen molar-refractivity contribution in [1.82, 2.24) is 4.90 Å². The Bertz CT molecular complexity index is 185. The van der Waals surface area contributed by atoms with E-state index < -0.39 is 0 Å². The highest BCUT2D eigenvalue weighted by atomic mass is 16.4. The van der Waals surface area contributed by atoms with Crippen LogP contribution in [0.15, 0.2) is 10.3 Å². The van der Waals surface area contributed by atoms with E-state index in [1.54, 1.807) is 11.8 Å². The van der Waals surface area contributed by atoms with Crippen LogP contribution in [0.5, 0.6) is 0 Å². The molecule has 0 rings (SSSR count). The van der Waals surface area contributed by atoms with Crippen LogP contribution in [-0.4, -0.2) is 40.0 Å². The summed E-state index contributed by atoms with van der Waals surface area (Å²) in [7, 11) is 0. The molecular weight excluding hydrogens is 158 g/mol. The third-order valence-electron chi connectivity index (χ3n) is 1.63. The van der Waals surface area contributed by atoms with Gasteiger partial charge >= 0.3 is 0 Å². The number of oxime groups is 2. The van der Waals surface area contributed by atoms with E-state index in [1.807, 2.05) is 13.8 Å². The second-order valence-electron chi connectivity index (χ2n) is 2.28. The third kappa shape index (κ3) is 2.41. The molecule has 0 aromatic rings. The number of rotatable bonds is 3. The molecule has 5 heteroatoms. The summed E-state index contributed by atoms with van der Waals surface area (Å²) < 4.78 is 0. The van der Waals surface area contributed by atoms with Crippen molar-refractivity contribution in [3.63, 3.8) is 0 Å². The van der Waals surface area contributed by atoms with Crippen molar-refractivity contribution >= 4 is 11.5 Å². The molecule has 0 heterocycles. The van der Waals surface area contributed by atoms with Gasteiger partial charge in [-0.1, -0.05) is 10.3 Å². The summed E-state index contributed by atoms with van der Waals surface area (Å²) in [5.74, 6) is 0.308. The minimum absolute atomic E-state index is 0.307. The first kappa shape index (κ1) is 10.7. The smallest absolute Gasteiger partial charge is 0.192 e. The molecule has 0 radical (unpaired) electrons. The van der Waals surface area contributed by atoms with Crippen LogP contribution in [0.25, 0.3) is 0 Å². The van der Waals surface area contributed by atoms with Crippen LogP contribution < -0.4 is 0 Å². The zero-order chi connectivity index (χ0) is 9.56. The van der Waals surface area contributed by atoms with Gasteiger partial charge in [-0.25, -0.2) is 0 Å². The lowest BCUT2D eigenvalue weighted by Crippen LogP contribution is -2.35. The lowest BCUT2D eigenvalue weighted by Gasteiger charge is -2.20. The highest BCUT2D eigenvalue weighted by Crippen LogP contribution is 1.94. The van der Waals surface area contributed by atoms with Crippen molar-refractivity contribution in [3.05, 3.63) is 0 Å². The predicted molar refractivity (Wildman–Crippen MR) is 47.0 cm³/mol. The first-order valence-electron chi connectivity index (χ1n) is 3.87. The minimum atomic E-state index is 0.307. The van der Waals surface area contributed by atoms with Crippen LogP contribution in [0.1, 0.15) is 20.8 Å². The van der Waals surface area contributed by atoms with Crippen LogP contribution in [-0.2, 0) is 0 Å². The Kier molecular flexibility index (Phi) is 4.83.